The van der Waals surface area contributed by atoms with Crippen molar-refractivity contribution in [2.45, 2.75) is 23.1 Å². The lowest BCUT2D eigenvalue weighted by molar-refractivity contribution is 0.509. The van der Waals surface area contributed by atoms with E-state index in [0.717, 1.165) is 26.8 Å². The molecule has 0 aliphatic carbocycles. The predicted octanol–water partition coefficient (Wildman–Crippen LogP) is 5.80. The van der Waals surface area contributed by atoms with E-state index in [2.05, 4.69) is 0 Å². The van der Waals surface area contributed by atoms with Gasteiger partial charge in [0.25, 0.3) is 0 Å². The molecular formula is C16H15ClOS. The zero-order valence-corrected chi connectivity index (χ0v) is 12.2. The Bertz CT molecular complexity index is 576. The topological polar surface area (TPSA) is 20.2 Å². The van der Waals surface area contributed by atoms with Gasteiger partial charge in [-0.15, -0.1) is 0 Å². The molecule has 0 heterocycles. The van der Waals surface area contributed by atoms with Gasteiger partial charge in [-0.1, -0.05) is 48.5 Å². The molecule has 0 saturated carbocycles. The van der Waals surface area contributed by atoms with Crippen molar-refractivity contribution in [3.8, 4) is 0 Å². The summed E-state index contributed by atoms with van der Waals surface area (Å²) in [5, 5.41) is 10.5. The van der Waals surface area contributed by atoms with Crippen LogP contribution < -0.4 is 0 Å². The lowest BCUT2D eigenvalue weighted by atomic mass is 10.2. The van der Waals surface area contributed by atoms with Crippen LogP contribution in [0, 0.1) is 0 Å². The highest BCUT2D eigenvalue weighted by atomic mass is 35.5. The normalized spacial score (nSPS) is 11.6. The number of benzene rings is 2. The Morgan fingerprint density at radius 1 is 1.16 bits per heavy atom. The fourth-order valence-corrected chi connectivity index (χ4v) is 2.80. The van der Waals surface area contributed by atoms with Crippen molar-refractivity contribution in [3.63, 3.8) is 0 Å². The highest BCUT2D eigenvalue weighted by molar-refractivity contribution is 7.99. The van der Waals surface area contributed by atoms with Crippen LogP contribution in [0.15, 0.2) is 64.4 Å². The predicted molar refractivity (Wildman–Crippen MR) is 82.9 cm³/mol. The fraction of sp³-hybridized carbons (Fsp3) is 0.125. The van der Waals surface area contributed by atoms with Gasteiger partial charge in [0, 0.05) is 20.4 Å². The molecule has 1 N–H and O–H groups in total. The van der Waals surface area contributed by atoms with Crippen LogP contribution in [0.1, 0.15) is 18.9 Å². The maximum absolute atomic E-state index is 9.77. The molecule has 0 fully saturated rings. The van der Waals surface area contributed by atoms with Crippen molar-refractivity contribution in [3.05, 3.63) is 65.2 Å². The molecule has 0 aliphatic rings. The lowest BCUT2D eigenvalue weighted by Gasteiger charge is -2.04. The van der Waals surface area contributed by atoms with Gasteiger partial charge < -0.3 is 5.11 Å². The number of hydrogen-bond acceptors (Lipinski definition) is 2. The van der Waals surface area contributed by atoms with E-state index < -0.39 is 0 Å². The Morgan fingerprint density at radius 3 is 2.53 bits per heavy atom. The first kappa shape index (κ1) is 14.0. The van der Waals surface area contributed by atoms with Gasteiger partial charge in [0.1, 0.15) is 5.76 Å². The number of aliphatic hydroxyl groups is 1. The number of allylic oxidation sites excluding steroid dienone is 1. The van der Waals surface area contributed by atoms with Crippen molar-refractivity contribution in [2.24, 2.45) is 0 Å². The first-order valence-corrected chi connectivity index (χ1v) is 7.31. The molecule has 0 aliphatic heterocycles. The minimum Gasteiger partial charge on any atom is -0.508 e. The van der Waals surface area contributed by atoms with Gasteiger partial charge in [-0.25, -0.2) is 0 Å². The monoisotopic (exact) mass is 290 g/mol. The Hall–Kier alpha value is -1.38. The smallest absolute Gasteiger partial charge is 0.118 e. The highest BCUT2D eigenvalue weighted by Crippen LogP contribution is 2.30. The summed E-state index contributed by atoms with van der Waals surface area (Å²) in [6.07, 6.45) is 2.63. The molecule has 2 rings (SSSR count). The van der Waals surface area contributed by atoms with Gasteiger partial charge in [0.15, 0.2) is 0 Å². The third-order valence-electron chi connectivity index (χ3n) is 2.58. The Morgan fingerprint density at radius 2 is 1.89 bits per heavy atom. The molecule has 2 aromatic carbocycles. The summed E-state index contributed by atoms with van der Waals surface area (Å²) in [5.74, 6) is 0.335. The van der Waals surface area contributed by atoms with Crippen LogP contribution in [0.4, 0.5) is 0 Å². The van der Waals surface area contributed by atoms with Crippen molar-refractivity contribution < 1.29 is 5.11 Å². The van der Waals surface area contributed by atoms with Crippen molar-refractivity contribution in [1.29, 1.82) is 0 Å². The van der Waals surface area contributed by atoms with E-state index in [1.807, 2.05) is 55.5 Å². The van der Waals surface area contributed by atoms with E-state index in [4.69, 9.17) is 11.6 Å². The molecular weight excluding hydrogens is 276 g/mol. The Kier molecular flexibility index (Phi) is 4.94. The molecule has 0 unspecified atom stereocenters. The van der Waals surface area contributed by atoms with Crippen molar-refractivity contribution >= 4 is 29.1 Å². The first-order valence-electron chi connectivity index (χ1n) is 6.12. The molecule has 2 aromatic rings. The third kappa shape index (κ3) is 4.05. The molecule has 0 spiro atoms. The van der Waals surface area contributed by atoms with Gasteiger partial charge in [-0.2, -0.15) is 0 Å². The number of rotatable bonds is 4. The molecule has 19 heavy (non-hydrogen) atoms. The fourth-order valence-electron chi connectivity index (χ4n) is 1.67. The minimum atomic E-state index is 0.335. The minimum absolute atomic E-state index is 0.335. The van der Waals surface area contributed by atoms with Gasteiger partial charge >= 0.3 is 0 Å². The van der Waals surface area contributed by atoms with E-state index >= 15 is 0 Å². The molecule has 0 amide bonds. The Labute approximate surface area is 122 Å². The van der Waals surface area contributed by atoms with E-state index in [1.165, 1.54) is 0 Å². The van der Waals surface area contributed by atoms with Crippen LogP contribution >= 0.6 is 23.4 Å². The zero-order valence-electron chi connectivity index (χ0n) is 10.6. The third-order valence-corrected chi connectivity index (χ3v) is 3.81. The molecule has 3 heteroatoms. The first-order chi connectivity index (χ1) is 9.19. The van der Waals surface area contributed by atoms with E-state index in [9.17, 15) is 5.11 Å². The van der Waals surface area contributed by atoms with Crippen molar-refractivity contribution in [2.75, 3.05) is 0 Å². The average molecular weight is 291 g/mol. The summed E-state index contributed by atoms with van der Waals surface area (Å²) < 4.78 is 0. The van der Waals surface area contributed by atoms with E-state index in [-0.39, 0.29) is 0 Å². The second-order valence-electron chi connectivity index (χ2n) is 4.08. The van der Waals surface area contributed by atoms with Gasteiger partial charge in [-0.05, 0) is 42.8 Å². The van der Waals surface area contributed by atoms with E-state index in [1.54, 1.807) is 17.8 Å². The van der Waals surface area contributed by atoms with Crippen LogP contribution in [0.25, 0.3) is 5.76 Å². The molecule has 0 radical (unpaired) electrons. The maximum atomic E-state index is 9.77. The second kappa shape index (κ2) is 6.69. The van der Waals surface area contributed by atoms with Crippen LogP contribution in [0.2, 0.25) is 5.02 Å². The average Bonchev–Trinajstić information content (AvgIpc) is 2.40. The van der Waals surface area contributed by atoms with Gasteiger partial charge in [-0.3, -0.25) is 0 Å². The molecule has 0 atom stereocenters. The summed E-state index contributed by atoms with van der Waals surface area (Å²) in [7, 11) is 0. The van der Waals surface area contributed by atoms with Crippen LogP contribution in [0.5, 0.6) is 0 Å². The standard InChI is InChI=1S/C16H15ClOS/c1-2-4-16(18)12-7-9-14(10-8-12)19-15-6-3-5-13(17)11-15/h3-11,18H,2H2,1H3/b16-4+. The second-order valence-corrected chi connectivity index (χ2v) is 5.66. The van der Waals surface area contributed by atoms with Crippen LogP contribution in [-0.2, 0) is 0 Å². The van der Waals surface area contributed by atoms with Gasteiger partial charge in [0.05, 0.1) is 0 Å². The summed E-state index contributed by atoms with van der Waals surface area (Å²) in [5.41, 5.74) is 0.845. The van der Waals surface area contributed by atoms with Crippen molar-refractivity contribution in [1.82, 2.24) is 0 Å². The summed E-state index contributed by atoms with van der Waals surface area (Å²) in [6, 6.07) is 15.6. The highest BCUT2D eigenvalue weighted by Gasteiger charge is 2.01. The largest absolute Gasteiger partial charge is 0.508 e. The number of aliphatic hydroxyl groups excluding tert-OH is 1. The quantitative estimate of drug-likeness (QED) is 0.718. The Balaban J connectivity index is 2.13. The number of hydrogen-bond donors (Lipinski definition) is 1. The molecule has 0 aromatic heterocycles. The molecule has 1 nitrogen and oxygen atoms in total. The molecule has 0 bridgehead atoms. The lowest BCUT2D eigenvalue weighted by Crippen LogP contribution is -1.82. The van der Waals surface area contributed by atoms with Crippen LogP contribution in [-0.4, -0.2) is 5.11 Å². The van der Waals surface area contributed by atoms with Gasteiger partial charge in [0.2, 0.25) is 0 Å². The van der Waals surface area contributed by atoms with Crippen LogP contribution in [0.3, 0.4) is 0 Å². The summed E-state index contributed by atoms with van der Waals surface area (Å²) in [4.78, 5) is 2.23. The SMILES string of the molecule is CC/C=C(/O)c1ccc(Sc2cccc(Cl)c2)cc1. The summed E-state index contributed by atoms with van der Waals surface area (Å²) >= 11 is 7.61. The zero-order chi connectivity index (χ0) is 13.7. The summed E-state index contributed by atoms with van der Waals surface area (Å²) in [6.45, 7) is 2.00. The number of halogens is 1. The molecule has 98 valence electrons. The maximum Gasteiger partial charge on any atom is 0.118 e. The van der Waals surface area contributed by atoms with E-state index in [0.29, 0.717) is 5.76 Å². The molecule has 0 saturated heterocycles.